The lowest BCUT2D eigenvalue weighted by Gasteiger charge is -2.20. The van der Waals surface area contributed by atoms with Crippen LogP contribution in [0.25, 0.3) is 0 Å². The molecule has 4 aromatic rings. The Bertz CT molecular complexity index is 1650. The van der Waals surface area contributed by atoms with Crippen molar-refractivity contribution in [2.24, 2.45) is 0 Å². The number of hydrogen-bond acceptors (Lipinski definition) is 5. The van der Waals surface area contributed by atoms with Crippen LogP contribution in [0.5, 0.6) is 11.5 Å². The average Bonchev–Trinajstić information content (AvgIpc) is 2.93. The fourth-order valence-corrected chi connectivity index (χ4v) is 5.48. The van der Waals surface area contributed by atoms with Crippen molar-refractivity contribution < 1.29 is 41.1 Å². The number of nitrogens with one attached hydrogen (secondary N) is 2. The molecule has 0 spiro atoms. The molecule has 0 radical (unpaired) electrons. The summed E-state index contributed by atoms with van der Waals surface area (Å²) < 4.78 is 73.6. The van der Waals surface area contributed by atoms with Gasteiger partial charge in [-0.1, -0.05) is 66.7 Å². The fraction of sp³-hybridized carbons (Fsp3) is 0.107. The lowest BCUT2D eigenvalue weighted by molar-refractivity contribution is -0.117. The van der Waals surface area contributed by atoms with Crippen molar-refractivity contribution in [3.63, 3.8) is 0 Å². The van der Waals surface area contributed by atoms with E-state index in [1.165, 1.54) is 24.3 Å². The van der Waals surface area contributed by atoms with E-state index in [0.29, 0.717) is 17.2 Å². The second kappa shape index (κ2) is 12.3. The third kappa shape index (κ3) is 7.63. The predicted molar refractivity (Wildman–Crippen MR) is 148 cm³/mol. The monoisotopic (exact) mass is 602 g/mol. The van der Waals surface area contributed by atoms with E-state index in [1.807, 2.05) is 6.07 Å². The lowest BCUT2D eigenvalue weighted by atomic mass is 10.0. The maximum Gasteiger partial charge on any atom is 0.399 e. The highest BCUT2D eigenvalue weighted by Gasteiger charge is 2.50. The Balaban J connectivity index is 1.58. The SMILES string of the molecule is O=C(Nc1cccc(Oc2ccccc2)c1)C(Cc1ccc(C(F)(F)P(=O)(O)O)cc1)NS(=O)(=O)c1ccccc1. The normalized spacial score (nSPS) is 12.9. The highest BCUT2D eigenvalue weighted by atomic mass is 32.2. The number of anilines is 1. The molecule has 1 unspecified atom stereocenters. The van der Waals surface area contributed by atoms with Gasteiger partial charge in [-0.15, -0.1) is 0 Å². The van der Waals surface area contributed by atoms with Crippen LogP contribution in [-0.2, 0) is 31.5 Å². The number of halogens is 2. The van der Waals surface area contributed by atoms with Gasteiger partial charge in [0.2, 0.25) is 15.9 Å². The Morgan fingerprint density at radius 1 is 0.854 bits per heavy atom. The molecule has 0 heterocycles. The first-order valence-electron chi connectivity index (χ1n) is 12.1. The molecule has 1 amide bonds. The second-order valence-corrected chi connectivity index (χ2v) is 12.3. The number of carbonyl (C=O) groups excluding carboxylic acids is 1. The molecule has 0 saturated carbocycles. The maximum absolute atomic E-state index is 14.1. The van der Waals surface area contributed by atoms with Gasteiger partial charge in [-0.3, -0.25) is 9.36 Å². The highest BCUT2D eigenvalue weighted by Crippen LogP contribution is 2.59. The first-order chi connectivity index (χ1) is 19.3. The van der Waals surface area contributed by atoms with Crippen molar-refractivity contribution in [1.29, 1.82) is 0 Å². The first kappa shape index (κ1) is 30.0. The molecule has 214 valence electrons. The third-order valence-electron chi connectivity index (χ3n) is 5.85. The molecule has 0 fully saturated rings. The van der Waals surface area contributed by atoms with E-state index in [1.54, 1.807) is 54.6 Å². The summed E-state index contributed by atoms with van der Waals surface area (Å²) in [6, 6.07) is 25.2. The molecular weight excluding hydrogens is 577 g/mol. The van der Waals surface area contributed by atoms with E-state index in [9.17, 15) is 26.6 Å². The summed E-state index contributed by atoms with van der Waals surface area (Å²) in [7, 11) is -9.95. The minimum atomic E-state index is -5.78. The number of para-hydroxylation sites is 1. The molecule has 13 heteroatoms. The molecule has 0 aromatic heterocycles. The van der Waals surface area contributed by atoms with Crippen LogP contribution in [0.4, 0.5) is 14.5 Å². The summed E-state index contributed by atoms with van der Waals surface area (Å²) >= 11 is 0. The average molecular weight is 603 g/mol. The number of hydrogen-bond donors (Lipinski definition) is 4. The minimum Gasteiger partial charge on any atom is -0.457 e. The van der Waals surface area contributed by atoms with Crippen LogP contribution in [-0.4, -0.2) is 30.2 Å². The number of ether oxygens (including phenoxy) is 1. The zero-order chi connectivity index (χ0) is 29.7. The van der Waals surface area contributed by atoms with E-state index in [2.05, 4.69) is 10.0 Å². The molecule has 0 aliphatic rings. The molecule has 1 atom stereocenters. The summed E-state index contributed by atoms with van der Waals surface area (Å²) in [6.45, 7) is 0. The minimum absolute atomic E-state index is 0.0901. The van der Waals surface area contributed by atoms with Crippen LogP contribution in [0, 0.1) is 0 Å². The number of alkyl halides is 2. The Hall–Kier alpha value is -3.93. The van der Waals surface area contributed by atoms with Gasteiger partial charge in [0.15, 0.2) is 0 Å². The van der Waals surface area contributed by atoms with Crippen LogP contribution in [0.1, 0.15) is 11.1 Å². The number of rotatable bonds is 11. The zero-order valence-electron chi connectivity index (χ0n) is 21.2. The van der Waals surface area contributed by atoms with Gasteiger partial charge in [-0.25, -0.2) is 8.42 Å². The van der Waals surface area contributed by atoms with Crippen molar-refractivity contribution in [2.45, 2.75) is 23.0 Å². The molecule has 41 heavy (non-hydrogen) atoms. The van der Waals surface area contributed by atoms with E-state index < -0.39 is 40.8 Å². The van der Waals surface area contributed by atoms with Crippen molar-refractivity contribution in [2.75, 3.05) is 5.32 Å². The number of sulfonamides is 1. The topological polar surface area (TPSA) is 142 Å². The first-order valence-corrected chi connectivity index (χ1v) is 15.2. The standard InChI is InChI=1S/C28H25F2N2O7PS/c29-28(30,40(34,35)36)21-16-14-20(15-17-21)18-26(32-41(37,38)25-12-5-2-6-13-25)27(33)31-22-8-7-11-24(19-22)39-23-9-3-1-4-10-23/h1-17,19,26,32H,18H2,(H,31,33)(H2,34,35,36). The van der Waals surface area contributed by atoms with E-state index >= 15 is 0 Å². The maximum atomic E-state index is 14.1. The van der Waals surface area contributed by atoms with Gasteiger partial charge in [0.05, 0.1) is 4.90 Å². The van der Waals surface area contributed by atoms with Gasteiger partial charge in [0, 0.05) is 17.3 Å². The fourth-order valence-electron chi connectivity index (χ4n) is 3.78. The molecule has 0 saturated heterocycles. The van der Waals surface area contributed by atoms with Crippen LogP contribution < -0.4 is 14.8 Å². The number of benzene rings is 4. The molecule has 4 rings (SSSR count). The van der Waals surface area contributed by atoms with Crippen molar-refractivity contribution >= 4 is 29.2 Å². The Kier molecular flexibility index (Phi) is 9.01. The van der Waals surface area contributed by atoms with E-state index in [4.69, 9.17) is 14.5 Å². The highest BCUT2D eigenvalue weighted by molar-refractivity contribution is 7.89. The van der Waals surface area contributed by atoms with Gasteiger partial charge in [0.25, 0.3) is 0 Å². The molecule has 4 N–H and O–H groups in total. The molecule has 0 bridgehead atoms. The Labute approximate surface area is 235 Å². The quantitative estimate of drug-likeness (QED) is 0.172. The lowest BCUT2D eigenvalue weighted by Crippen LogP contribution is -2.45. The van der Waals surface area contributed by atoms with Gasteiger partial charge in [-0.2, -0.15) is 13.5 Å². The summed E-state index contributed by atoms with van der Waals surface area (Å²) in [4.78, 5) is 31.2. The zero-order valence-corrected chi connectivity index (χ0v) is 22.9. The van der Waals surface area contributed by atoms with Crippen LogP contribution in [0.3, 0.4) is 0 Å². The largest absolute Gasteiger partial charge is 0.457 e. The van der Waals surface area contributed by atoms with Crippen molar-refractivity contribution in [3.8, 4) is 11.5 Å². The smallest absolute Gasteiger partial charge is 0.399 e. The summed E-state index contributed by atoms with van der Waals surface area (Å²) in [5.74, 6) is 0.236. The number of amides is 1. The van der Waals surface area contributed by atoms with E-state index in [0.717, 1.165) is 24.3 Å². The third-order valence-corrected chi connectivity index (χ3v) is 8.33. The van der Waals surface area contributed by atoms with Crippen LogP contribution in [0.2, 0.25) is 0 Å². The summed E-state index contributed by atoms with van der Waals surface area (Å²) in [5.41, 5.74) is -4.77. The van der Waals surface area contributed by atoms with Crippen molar-refractivity contribution in [1.82, 2.24) is 4.72 Å². The van der Waals surface area contributed by atoms with Crippen LogP contribution >= 0.6 is 7.60 Å². The molecule has 4 aromatic carbocycles. The Morgan fingerprint density at radius 2 is 1.44 bits per heavy atom. The molecule has 0 aliphatic carbocycles. The second-order valence-electron chi connectivity index (χ2n) is 8.91. The molecule has 9 nitrogen and oxygen atoms in total. The van der Waals surface area contributed by atoms with Gasteiger partial charge >= 0.3 is 13.3 Å². The molecule has 0 aliphatic heterocycles. The number of carbonyl (C=O) groups is 1. The van der Waals surface area contributed by atoms with E-state index in [-0.39, 0.29) is 16.9 Å². The molecular formula is C28H25F2N2O7PS. The summed E-state index contributed by atoms with van der Waals surface area (Å²) in [6.07, 6.45) is -0.264. The summed E-state index contributed by atoms with van der Waals surface area (Å²) in [5, 5.41) is 2.65. The van der Waals surface area contributed by atoms with Gasteiger partial charge in [-0.05, 0) is 48.4 Å². The predicted octanol–water partition coefficient (Wildman–Crippen LogP) is 5.23. The van der Waals surface area contributed by atoms with Crippen molar-refractivity contribution in [3.05, 3.63) is 120 Å². The van der Waals surface area contributed by atoms with Gasteiger partial charge < -0.3 is 19.8 Å². The van der Waals surface area contributed by atoms with Gasteiger partial charge in [0.1, 0.15) is 17.5 Å². The Morgan fingerprint density at radius 3 is 2.05 bits per heavy atom. The van der Waals surface area contributed by atoms with Crippen LogP contribution in [0.15, 0.2) is 114 Å².